The summed E-state index contributed by atoms with van der Waals surface area (Å²) in [6.07, 6.45) is 47.5. The highest BCUT2D eigenvalue weighted by Gasteiger charge is 2.26. The number of phosphoric ester groups is 1. The molecule has 0 aliphatic heterocycles. The van der Waals surface area contributed by atoms with Gasteiger partial charge in [0.2, 0.25) is 0 Å². The van der Waals surface area contributed by atoms with Crippen molar-refractivity contribution in [2.75, 3.05) is 33.0 Å². The lowest BCUT2D eigenvalue weighted by Gasteiger charge is -2.20. The molecule has 0 bridgehead atoms. The Labute approximate surface area is 329 Å². The van der Waals surface area contributed by atoms with Gasteiger partial charge in [-0.05, 0) is 64.2 Å². The second-order valence-electron chi connectivity index (χ2n) is 13.6. The van der Waals surface area contributed by atoms with E-state index in [1.807, 2.05) is 12.2 Å². The van der Waals surface area contributed by atoms with Crippen molar-refractivity contribution in [3.8, 4) is 0 Å². The van der Waals surface area contributed by atoms with Gasteiger partial charge in [-0.1, -0.05) is 157 Å². The van der Waals surface area contributed by atoms with E-state index in [9.17, 15) is 19.4 Å². The molecule has 0 spiro atoms. The number of esters is 1. The van der Waals surface area contributed by atoms with E-state index in [-0.39, 0.29) is 13.0 Å². The Bertz CT molecular complexity index is 1070. The summed E-state index contributed by atoms with van der Waals surface area (Å²) in [5.74, 6) is -0.512. The van der Waals surface area contributed by atoms with Crippen LogP contribution in [-0.4, -0.2) is 66.3 Å². The zero-order valence-electron chi connectivity index (χ0n) is 33.9. The van der Waals surface area contributed by atoms with Gasteiger partial charge in [-0.15, -0.1) is 0 Å². The smallest absolute Gasteiger partial charge is 0.457 e. The summed E-state index contributed by atoms with van der Waals surface area (Å²) in [6.45, 7) is 3.24. The standard InChI is InChI=1S/C44H77O9P/c1-3-5-7-9-11-13-15-17-19-20-21-23-25-27-29-31-33-35-37-50-40-43(41-52-54(48,49)51-39-42(46)38-45)53-44(47)36-34-32-30-28-26-24-22-18-16-14-12-10-8-6-4-2/h6,8,12,14,17-19,22,26,28,32,34,42-43,45-46H,3-5,7,9-11,13,15-16,20-21,23-25,27,29-31,33,35-41H2,1-2H3,(H,48,49)/b8-6-,14-12-,19-17-,22-18-,28-26-,34-32-. The van der Waals surface area contributed by atoms with Gasteiger partial charge in [0.1, 0.15) is 12.2 Å². The van der Waals surface area contributed by atoms with E-state index in [0.717, 1.165) is 44.9 Å². The van der Waals surface area contributed by atoms with Crippen LogP contribution in [0.25, 0.3) is 0 Å². The first-order valence-corrected chi connectivity index (χ1v) is 22.4. The summed E-state index contributed by atoms with van der Waals surface area (Å²) in [6, 6.07) is 0. The van der Waals surface area contributed by atoms with Crippen LogP contribution >= 0.6 is 7.82 Å². The molecule has 0 saturated heterocycles. The van der Waals surface area contributed by atoms with Crippen molar-refractivity contribution >= 4 is 13.8 Å². The maximum atomic E-state index is 12.5. The van der Waals surface area contributed by atoms with Crippen LogP contribution < -0.4 is 0 Å². The van der Waals surface area contributed by atoms with Crippen LogP contribution in [0.2, 0.25) is 0 Å². The SMILES string of the molecule is CC/C=C\C/C=C\C/C=C\C/C=C\C/C=C\CC(=O)OC(COCCCCCCCCCC/C=C\CCCCCCCC)COP(=O)(O)OCC(O)CO. The fourth-order valence-corrected chi connectivity index (χ4v) is 6.04. The van der Waals surface area contributed by atoms with E-state index in [4.69, 9.17) is 23.6 Å². The number of hydrogen-bond donors (Lipinski definition) is 3. The topological polar surface area (TPSA) is 132 Å². The molecular weight excluding hydrogens is 703 g/mol. The molecule has 0 aromatic heterocycles. The second kappa shape index (κ2) is 40.6. The molecule has 0 rings (SSSR count). The number of aliphatic hydroxyl groups is 2. The number of rotatable bonds is 39. The minimum Gasteiger partial charge on any atom is -0.457 e. The van der Waals surface area contributed by atoms with Crippen molar-refractivity contribution in [3.05, 3.63) is 72.9 Å². The first-order chi connectivity index (χ1) is 26.3. The van der Waals surface area contributed by atoms with Crippen LogP contribution in [0.5, 0.6) is 0 Å². The molecule has 312 valence electrons. The van der Waals surface area contributed by atoms with Crippen LogP contribution in [0.15, 0.2) is 72.9 Å². The number of allylic oxidation sites excluding steroid dienone is 11. The third kappa shape index (κ3) is 39.6. The lowest BCUT2D eigenvalue weighted by Crippen LogP contribution is -2.28. The first-order valence-electron chi connectivity index (χ1n) is 20.9. The highest BCUT2D eigenvalue weighted by molar-refractivity contribution is 7.47. The molecule has 3 N–H and O–H groups in total. The number of ether oxygens (including phenoxy) is 2. The molecular formula is C44H77O9P. The molecule has 0 aliphatic rings. The maximum absolute atomic E-state index is 12.5. The minimum absolute atomic E-state index is 0.00404. The number of carbonyl (C=O) groups excluding carboxylic acids is 1. The van der Waals surface area contributed by atoms with Crippen LogP contribution in [0.4, 0.5) is 0 Å². The zero-order valence-corrected chi connectivity index (χ0v) is 34.8. The molecule has 0 aromatic rings. The van der Waals surface area contributed by atoms with Crippen molar-refractivity contribution < 1.29 is 43.0 Å². The van der Waals surface area contributed by atoms with Crippen LogP contribution in [0, 0.1) is 0 Å². The number of unbranched alkanes of at least 4 members (excludes halogenated alkanes) is 14. The molecule has 0 aromatic carbocycles. The second-order valence-corrected chi connectivity index (χ2v) is 15.1. The molecule has 0 radical (unpaired) electrons. The third-order valence-corrected chi connectivity index (χ3v) is 9.36. The van der Waals surface area contributed by atoms with E-state index < -0.39 is 45.8 Å². The monoisotopic (exact) mass is 781 g/mol. The quantitative estimate of drug-likeness (QED) is 0.0241. The minimum atomic E-state index is -4.54. The highest BCUT2D eigenvalue weighted by atomic mass is 31.2. The first kappa shape index (κ1) is 51.9. The van der Waals surface area contributed by atoms with Gasteiger partial charge < -0.3 is 24.6 Å². The van der Waals surface area contributed by atoms with Crippen LogP contribution in [0.3, 0.4) is 0 Å². The van der Waals surface area contributed by atoms with Gasteiger partial charge in [0.05, 0.1) is 32.8 Å². The number of hydrogen-bond acceptors (Lipinski definition) is 8. The average Bonchev–Trinajstić information content (AvgIpc) is 3.16. The summed E-state index contributed by atoms with van der Waals surface area (Å²) in [5, 5.41) is 18.3. The molecule has 3 atom stereocenters. The Morgan fingerprint density at radius 3 is 1.57 bits per heavy atom. The van der Waals surface area contributed by atoms with Gasteiger partial charge in [-0.2, -0.15) is 0 Å². The predicted molar refractivity (Wildman–Crippen MR) is 223 cm³/mol. The van der Waals surface area contributed by atoms with Gasteiger partial charge in [0.25, 0.3) is 0 Å². The summed E-state index contributed by atoms with van der Waals surface area (Å²) in [4.78, 5) is 22.5. The van der Waals surface area contributed by atoms with Crippen molar-refractivity contribution in [2.45, 2.75) is 167 Å². The molecule has 9 nitrogen and oxygen atoms in total. The summed E-state index contributed by atoms with van der Waals surface area (Å²) < 4.78 is 33.2. The van der Waals surface area contributed by atoms with Crippen molar-refractivity contribution in [2.24, 2.45) is 0 Å². The van der Waals surface area contributed by atoms with Gasteiger partial charge >= 0.3 is 13.8 Å². The Morgan fingerprint density at radius 1 is 0.593 bits per heavy atom. The van der Waals surface area contributed by atoms with Crippen LogP contribution in [0.1, 0.15) is 155 Å². The van der Waals surface area contributed by atoms with E-state index in [0.29, 0.717) is 13.0 Å². The fourth-order valence-electron chi connectivity index (χ4n) is 5.25. The zero-order chi connectivity index (χ0) is 39.6. The average molecular weight is 781 g/mol. The van der Waals surface area contributed by atoms with E-state index in [1.165, 1.54) is 83.5 Å². The van der Waals surface area contributed by atoms with Crippen LogP contribution in [-0.2, 0) is 27.9 Å². The predicted octanol–water partition coefficient (Wildman–Crippen LogP) is 11.4. The summed E-state index contributed by atoms with van der Waals surface area (Å²) in [7, 11) is -4.54. The van der Waals surface area contributed by atoms with Crippen molar-refractivity contribution in [1.29, 1.82) is 0 Å². The van der Waals surface area contributed by atoms with Crippen molar-refractivity contribution in [3.63, 3.8) is 0 Å². The molecule has 0 fully saturated rings. The van der Waals surface area contributed by atoms with E-state index >= 15 is 0 Å². The Balaban J connectivity index is 4.31. The Kier molecular flexibility index (Phi) is 39.0. The summed E-state index contributed by atoms with van der Waals surface area (Å²) in [5.41, 5.74) is 0. The molecule has 54 heavy (non-hydrogen) atoms. The Hall–Kier alpha value is -2.10. The fraction of sp³-hybridized carbons (Fsp3) is 0.705. The normalized spacial score (nSPS) is 14.8. The van der Waals surface area contributed by atoms with Gasteiger partial charge in [-0.25, -0.2) is 4.57 Å². The lowest BCUT2D eigenvalue weighted by atomic mass is 10.1. The largest absolute Gasteiger partial charge is 0.472 e. The molecule has 0 aliphatic carbocycles. The molecule has 3 unspecified atom stereocenters. The number of aliphatic hydroxyl groups excluding tert-OH is 2. The Morgan fingerprint density at radius 2 is 1.06 bits per heavy atom. The molecule has 0 saturated carbocycles. The van der Waals surface area contributed by atoms with Gasteiger partial charge in [0, 0.05) is 6.61 Å². The maximum Gasteiger partial charge on any atom is 0.472 e. The molecule has 10 heteroatoms. The van der Waals surface area contributed by atoms with E-state index in [1.54, 1.807) is 6.08 Å². The highest BCUT2D eigenvalue weighted by Crippen LogP contribution is 2.43. The lowest BCUT2D eigenvalue weighted by molar-refractivity contribution is -0.153. The van der Waals surface area contributed by atoms with Crippen molar-refractivity contribution in [1.82, 2.24) is 0 Å². The van der Waals surface area contributed by atoms with Gasteiger partial charge in [-0.3, -0.25) is 13.8 Å². The third-order valence-electron chi connectivity index (χ3n) is 8.41. The van der Waals surface area contributed by atoms with E-state index in [2.05, 4.69) is 68.5 Å². The summed E-state index contributed by atoms with van der Waals surface area (Å²) >= 11 is 0. The van der Waals surface area contributed by atoms with Gasteiger partial charge in [0.15, 0.2) is 0 Å². The number of carbonyl (C=O) groups is 1. The molecule has 0 amide bonds. The number of phosphoric acid groups is 1. The molecule has 0 heterocycles.